The third kappa shape index (κ3) is 15.0. The number of phosphoric ester groups is 2. The number of aliphatic hydroxyl groups excluding tert-OH is 1. The van der Waals surface area contributed by atoms with Crippen LogP contribution in [0.5, 0.6) is 0 Å². The zero-order valence-electron chi connectivity index (χ0n) is 39.6. The molecule has 0 bridgehead atoms. The number of carboxylic acids is 1. The Morgan fingerprint density at radius 1 is 1.03 bits per heavy atom. The molecule has 11 N–H and O–H groups in total. The van der Waals surface area contributed by atoms with Gasteiger partial charge < -0.3 is 65.9 Å². The van der Waals surface area contributed by atoms with E-state index in [1.807, 2.05) is 0 Å². The van der Waals surface area contributed by atoms with Crippen molar-refractivity contribution in [3.8, 4) is 0 Å². The number of aliphatic hydroxyl groups is 1. The van der Waals surface area contributed by atoms with Crippen molar-refractivity contribution in [2.24, 2.45) is 11.0 Å². The summed E-state index contributed by atoms with van der Waals surface area (Å²) in [5.41, 5.74) is 16.6. The van der Waals surface area contributed by atoms with Gasteiger partial charge in [0.05, 0.1) is 31.6 Å². The van der Waals surface area contributed by atoms with Crippen LogP contribution < -0.4 is 27.8 Å². The number of aliphatic carboxylic acids is 1. The van der Waals surface area contributed by atoms with E-state index in [0.29, 0.717) is 11.3 Å². The molecular formula is C39H53N13O18P2S2. The number of nitrogens with two attached hydrogens (primary N) is 2. The average Bonchev–Trinajstić information content (AvgIpc) is 4.02. The zero-order chi connectivity index (χ0) is 54.2. The standard InChI is InChI=1S/C39H53N13O18P2S2/c1-38(2,3)69-37(58)48-39(34(54)55,11-9-22(74-73-4)14-43-36(57)64-15-20-5-7-21(8-6-20)49-50-42)28-25(68-33(30(28)53)52-19-46-29-31(41)44-18-45-32(29)52)17-66-72(62,63)70-23-13-27(51-12-10-26(40)47-35(51)56)67-24(23)16-65-71(59,60)61/h5-8,10,12,18-19,22-25,27-28,30,33,53H,9,11,13-17H2,1-4H3,(H,43,57)(H,48,58)(H,54,55)(H,62,63)(H2,40,47,56)(H2,41,44,45)(H2,59,60,61)/t22?,23-,24+,25-,27+,28+,30+,33+,39-/m0/s1. The number of rotatable bonds is 23. The molecule has 2 aliphatic heterocycles. The third-order valence-corrected chi connectivity index (χ3v) is 14.9. The highest BCUT2D eigenvalue weighted by molar-refractivity contribution is 8.76. The maximum Gasteiger partial charge on any atom is 0.472 e. The fourth-order valence-electron chi connectivity index (χ4n) is 8.01. The minimum absolute atomic E-state index is 0.00777. The number of hydrogen-bond donors (Lipinski definition) is 9. The Kier molecular flexibility index (Phi) is 19.0. The number of benzene rings is 1. The molecule has 2 amide bonds. The zero-order valence-corrected chi connectivity index (χ0v) is 43.0. The number of alkyl carbamates (subject to hydrolysis) is 2. The Bertz CT molecular complexity index is 2850. The van der Waals surface area contributed by atoms with Gasteiger partial charge >= 0.3 is 39.5 Å². The van der Waals surface area contributed by atoms with Crippen molar-refractivity contribution in [3.05, 3.63) is 75.7 Å². The predicted octanol–water partition coefficient (Wildman–Crippen LogP) is 3.40. The Balaban J connectivity index is 1.31. The number of ether oxygens (including phenoxy) is 4. The quantitative estimate of drug-likeness (QED) is 0.0169. The lowest BCUT2D eigenvalue weighted by Crippen LogP contribution is -2.64. The first-order valence-corrected chi connectivity index (χ1v) is 27.6. The van der Waals surface area contributed by atoms with Gasteiger partial charge in [-0.15, -0.1) is 0 Å². The van der Waals surface area contributed by atoms with Gasteiger partial charge in [0.1, 0.15) is 59.9 Å². The number of nitrogens with one attached hydrogen (secondary N) is 2. The van der Waals surface area contributed by atoms with Gasteiger partial charge in [-0.3, -0.25) is 22.7 Å². The number of carboxylic acid groups (broad SMARTS) is 1. The van der Waals surface area contributed by atoms with Gasteiger partial charge in [-0.2, -0.15) is 4.98 Å². The van der Waals surface area contributed by atoms with E-state index in [1.54, 1.807) is 18.4 Å². The first kappa shape index (κ1) is 57.6. The first-order chi connectivity index (χ1) is 34.8. The molecule has 4 aromatic rings. The molecule has 0 saturated carbocycles. The number of carbonyl (C=O) groups is 3. The highest BCUT2D eigenvalue weighted by Crippen LogP contribution is 2.51. The van der Waals surface area contributed by atoms with Gasteiger partial charge in [-0.05, 0) is 57.0 Å². The Hall–Kier alpha value is -5.63. The molecule has 2 saturated heterocycles. The van der Waals surface area contributed by atoms with Gasteiger partial charge in [0.15, 0.2) is 17.7 Å². The van der Waals surface area contributed by atoms with Gasteiger partial charge in [0.2, 0.25) is 0 Å². The summed E-state index contributed by atoms with van der Waals surface area (Å²) in [5.74, 6) is -3.77. The van der Waals surface area contributed by atoms with Crippen LogP contribution in [0.2, 0.25) is 0 Å². The van der Waals surface area contributed by atoms with Crippen molar-refractivity contribution in [1.29, 1.82) is 0 Å². The number of nitrogens with zero attached hydrogens (tertiary/aromatic N) is 9. The fourth-order valence-corrected chi connectivity index (χ4v) is 11.3. The van der Waals surface area contributed by atoms with E-state index >= 15 is 0 Å². The number of amides is 2. The Morgan fingerprint density at radius 3 is 2.39 bits per heavy atom. The van der Waals surface area contributed by atoms with Crippen LogP contribution in [-0.4, -0.2) is 139 Å². The number of anilines is 2. The lowest BCUT2D eigenvalue weighted by molar-refractivity contribution is -0.151. The minimum Gasteiger partial charge on any atom is -0.479 e. The van der Waals surface area contributed by atoms with E-state index in [1.165, 1.54) is 77.6 Å². The molecule has 3 aromatic heterocycles. The van der Waals surface area contributed by atoms with E-state index in [2.05, 4.69) is 45.1 Å². The van der Waals surface area contributed by atoms with Gasteiger partial charge in [-0.1, -0.05) is 51.0 Å². The smallest absolute Gasteiger partial charge is 0.472 e. The van der Waals surface area contributed by atoms with Crippen molar-refractivity contribution in [3.63, 3.8) is 0 Å². The Labute approximate surface area is 427 Å². The second kappa shape index (κ2) is 24.4. The average molecular weight is 1120 g/mol. The molecule has 10 atom stereocenters. The normalized spacial score (nSPS) is 23.0. The van der Waals surface area contributed by atoms with Crippen molar-refractivity contribution in [1.82, 2.24) is 39.7 Å². The van der Waals surface area contributed by atoms with Crippen molar-refractivity contribution >= 4 is 83.9 Å². The second-order valence-electron chi connectivity index (χ2n) is 17.4. The van der Waals surface area contributed by atoms with Crippen molar-refractivity contribution in [2.45, 2.75) is 99.9 Å². The summed E-state index contributed by atoms with van der Waals surface area (Å²) in [6, 6.07) is 7.50. The summed E-state index contributed by atoms with van der Waals surface area (Å²) in [4.78, 5) is 102. The SMILES string of the molecule is CSSC(CC[C@@](NC(=O)OC(C)(C)C)(C(=O)O)[C@H]1[C@@H](O)[C@H](n2cnc3c(N)ncnc32)O[C@H]1COP(=O)(O)O[C@H]1C[C@H](n2ccc(N)nc2=O)O[C@@H]1COP(=O)(O)O)CNC(=O)OCc1ccc(N=[N+]=[N-])cc1. The number of aromatic nitrogens is 6. The number of nitrogen functional groups attached to an aromatic ring is 2. The molecule has 74 heavy (non-hydrogen) atoms. The van der Waals surface area contributed by atoms with Crippen molar-refractivity contribution < 1.29 is 80.9 Å². The molecule has 35 heteroatoms. The molecule has 0 spiro atoms. The second-order valence-corrected chi connectivity index (χ2v) is 22.8. The topological polar surface area (TPSA) is 454 Å². The molecular weight excluding hydrogens is 1060 g/mol. The molecule has 2 unspecified atom stereocenters. The molecule has 404 valence electrons. The number of azide groups is 1. The summed E-state index contributed by atoms with van der Waals surface area (Å²) >= 11 is 0. The van der Waals surface area contributed by atoms with Crippen LogP contribution >= 0.6 is 37.2 Å². The van der Waals surface area contributed by atoms with E-state index in [9.17, 15) is 53.2 Å². The van der Waals surface area contributed by atoms with Crippen LogP contribution in [0.25, 0.3) is 21.6 Å². The summed E-state index contributed by atoms with van der Waals surface area (Å²) in [6.07, 6.45) is -7.75. The van der Waals surface area contributed by atoms with E-state index in [-0.39, 0.29) is 42.4 Å². The molecule has 0 radical (unpaired) electrons. The van der Waals surface area contributed by atoms with Crippen molar-refractivity contribution in [2.75, 3.05) is 37.5 Å². The lowest BCUT2D eigenvalue weighted by atomic mass is 9.74. The van der Waals surface area contributed by atoms with Crippen LogP contribution in [0.1, 0.15) is 58.1 Å². The third-order valence-electron chi connectivity index (χ3n) is 11.2. The predicted molar refractivity (Wildman–Crippen MR) is 261 cm³/mol. The highest BCUT2D eigenvalue weighted by Gasteiger charge is 2.61. The van der Waals surface area contributed by atoms with E-state index < -0.39 is 125 Å². The molecule has 6 rings (SSSR count). The maximum absolute atomic E-state index is 14.0. The van der Waals surface area contributed by atoms with Crippen LogP contribution in [0, 0.1) is 5.92 Å². The van der Waals surface area contributed by atoms with Crippen LogP contribution in [0.4, 0.5) is 26.9 Å². The van der Waals surface area contributed by atoms with Crippen LogP contribution in [0.3, 0.4) is 0 Å². The molecule has 1 aromatic carbocycles. The van der Waals surface area contributed by atoms with Gasteiger partial charge in [0.25, 0.3) is 0 Å². The number of carbonyl (C=O) groups excluding carboxylic acids is 2. The fraction of sp³-hybridized carbons (Fsp3) is 0.538. The highest BCUT2D eigenvalue weighted by atomic mass is 33.1. The molecule has 31 nitrogen and oxygen atoms in total. The monoisotopic (exact) mass is 1120 g/mol. The van der Waals surface area contributed by atoms with Crippen LogP contribution in [0.15, 0.2) is 59.1 Å². The van der Waals surface area contributed by atoms with Gasteiger partial charge in [0, 0.05) is 35.0 Å². The largest absolute Gasteiger partial charge is 0.479 e. The number of imidazole rings is 1. The maximum atomic E-state index is 14.0. The lowest BCUT2D eigenvalue weighted by Gasteiger charge is -2.40. The summed E-state index contributed by atoms with van der Waals surface area (Å²) in [5, 5.41) is 31.8. The Morgan fingerprint density at radius 2 is 1.74 bits per heavy atom. The van der Waals surface area contributed by atoms with E-state index in [4.69, 9.17) is 45.0 Å². The van der Waals surface area contributed by atoms with Crippen LogP contribution in [-0.2, 0) is 53.1 Å². The molecule has 5 heterocycles. The first-order valence-electron chi connectivity index (χ1n) is 21.9. The molecule has 2 aliphatic rings. The summed E-state index contributed by atoms with van der Waals surface area (Å²) in [7, 11) is -8.08. The number of phosphoric acid groups is 2. The number of hydrogen-bond acceptors (Lipinski definition) is 23. The van der Waals surface area contributed by atoms with E-state index in [0.717, 1.165) is 10.9 Å². The molecule has 0 aliphatic carbocycles. The summed E-state index contributed by atoms with van der Waals surface area (Å²) < 4.78 is 66.3. The number of fused-ring (bicyclic) bond motifs is 1. The van der Waals surface area contributed by atoms with Gasteiger partial charge in [-0.25, -0.2) is 43.3 Å². The summed E-state index contributed by atoms with van der Waals surface area (Å²) in [6.45, 7) is 2.31. The molecule has 2 fully saturated rings. The minimum atomic E-state index is -5.43.